The number of hydrogen-bond acceptors (Lipinski definition) is 27. The van der Waals surface area contributed by atoms with Crippen LogP contribution in [0.25, 0.3) is 0 Å². The Morgan fingerprint density at radius 1 is 0.510 bits per heavy atom. The number of aliphatic hydroxyl groups excluding tert-OH is 1. The molecule has 1 heterocycles. The van der Waals surface area contributed by atoms with E-state index in [0.717, 1.165) is 11.8 Å². The van der Waals surface area contributed by atoms with E-state index in [0.29, 0.717) is 17.4 Å². The van der Waals surface area contributed by atoms with Crippen LogP contribution in [0.5, 0.6) is 11.5 Å². The minimum atomic E-state index is -1.79. The van der Waals surface area contributed by atoms with Gasteiger partial charge in [-0.05, 0) is 68.5 Å². The number of likely N-dealkylation sites (tertiary alicyclic amines) is 1. The summed E-state index contributed by atoms with van der Waals surface area (Å²) in [6.07, 6.45) is -3.61. The Labute approximate surface area is 628 Å². The smallest absolute Gasteiger partial charge is 0.326 e. The standard InChI is InChI=1S/C61H87N15O22S6/c1-28(49(85)71-43(27-104)57(93)75-48(29(2)78)59(95)64-21-46(82)66-39(23-100)53(89)70-37(61(97)98)19-31-7-11-33(80)12-8-31)65-58(94)44-4-3-16-76(44)60(96)36(20-45(62)81)69-55(91)41(25-102)74-56(92)42(26-103)72-51(87)35(18-30-5-9-32(79)10-6-30)68-50(86)34(13-14-47(83)84)67-54(90)40(24-101)73-52(88)38(22-99)63-15-17-77/h5-12,17,28-29,34-44,48,63,78-80,99-104H,3-4,13-16,18-27H2,1-2H3,(H2,62,81)(H,64,95)(H,65,94)(H,66,82)(H,67,90)(H,68,86)(H,69,91)(H,70,89)(H,71,85)(H,72,87)(H,73,88)(H,74,92)(H,75,93)(H,83,84)(H,97,98)/t28-,29+,34-,35?,36?,37-,38-,39-,40?,41?,42-,43-,44-,48-/m0/s1. The van der Waals surface area contributed by atoms with Gasteiger partial charge in [0.05, 0.1) is 31.7 Å². The molecule has 0 bridgehead atoms. The van der Waals surface area contributed by atoms with E-state index in [-0.39, 0.29) is 67.5 Å². The van der Waals surface area contributed by atoms with Gasteiger partial charge in [-0.15, -0.1) is 0 Å². The largest absolute Gasteiger partial charge is 0.508 e. The van der Waals surface area contributed by atoms with Crippen molar-refractivity contribution >= 4 is 177 Å². The van der Waals surface area contributed by atoms with Crippen molar-refractivity contribution in [2.24, 2.45) is 5.73 Å². The van der Waals surface area contributed by atoms with Crippen LogP contribution in [0.15, 0.2) is 48.5 Å². The molecule has 2 aromatic rings. The lowest BCUT2D eigenvalue weighted by molar-refractivity contribution is -0.143. The van der Waals surface area contributed by atoms with Crippen molar-refractivity contribution in [3.8, 4) is 11.5 Å². The number of carbonyl (C=O) groups excluding carboxylic acids is 15. The predicted molar refractivity (Wildman–Crippen MR) is 389 cm³/mol. The summed E-state index contributed by atoms with van der Waals surface area (Å²) in [5.74, 6) is -19.5. The Bertz CT molecular complexity index is 3390. The fourth-order valence-corrected chi connectivity index (χ4v) is 11.3. The summed E-state index contributed by atoms with van der Waals surface area (Å²) in [7, 11) is 0. The molecule has 1 saturated heterocycles. The lowest BCUT2D eigenvalue weighted by Crippen LogP contribution is -2.61. The van der Waals surface area contributed by atoms with Crippen molar-refractivity contribution in [2.45, 2.75) is 143 Å². The molecule has 3 rings (SSSR count). The number of carboxylic acids is 2. The normalized spacial score (nSPS) is 16.2. The molecule has 574 valence electrons. The van der Waals surface area contributed by atoms with E-state index in [9.17, 15) is 107 Å². The van der Waals surface area contributed by atoms with Crippen LogP contribution >= 0.6 is 75.8 Å². The number of nitrogens with zero attached hydrogens (tertiary/aromatic N) is 1. The Kier molecular flexibility index (Phi) is 39.1. The highest BCUT2D eigenvalue weighted by molar-refractivity contribution is 7.81. The van der Waals surface area contributed by atoms with Gasteiger partial charge >= 0.3 is 11.9 Å². The van der Waals surface area contributed by atoms with Crippen LogP contribution in [0, 0.1) is 0 Å². The summed E-state index contributed by atoms with van der Waals surface area (Å²) in [5.41, 5.74) is 6.28. The highest BCUT2D eigenvalue weighted by atomic mass is 32.1. The predicted octanol–water partition coefficient (Wildman–Crippen LogP) is -7.72. The molecule has 1 aliphatic rings. The second-order valence-electron chi connectivity index (χ2n) is 23.4. The van der Waals surface area contributed by atoms with E-state index in [1.54, 1.807) is 0 Å². The molecule has 1 aliphatic heterocycles. The zero-order chi connectivity index (χ0) is 78.1. The third-order valence-electron chi connectivity index (χ3n) is 15.4. The second kappa shape index (κ2) is 45.5. The number of primary amides is 1. The highest BCUT2D eigenvalue weighted by Gasteiger charge is 2.41. The van der Waals surface area contributed by atoms with Gasteiger partial charge < -0.3 is 105 Å². The third kappa shape index (κ3) is 29.8. The number of benzene rings is 2. The first-order valence-corrected chi connectivity index (χ1v) is 35.7. The maximum Gasteiger partial charge on any atom is 0.326 e. The summed E-state index contributed by atoms with van der Waals surface area (Å²) in [6.45, 7) is 1.14. The van der Waals surface area contributed by atoms with E-state index in [1.807, 2.05) is 0 Å². The molecule has 20 N–H and O–H groups in total. The fourth-order valence-electron chi connectivity index (χ4n) is 9.75. The molecule has 14 atom stereocenters. The lowest BCUT2D eigenvalue weighted by atomic mass is 10.0. The van der Waals surface area contributed by atoms with Gasteiger partial charge in [0.1, 0.15) is 90.3 Å². The average Bonchev–Trinajstić information content (AvgIpc) is 1.57. The number of carbonyl (C=O) groups is 17. The molecule has 0 spiro atoms. The van der Waals surface area contributed by atoms with Crippen LogP contribution in [0.4, 0.5) is 0 Å². The Hall–Kier alpha value is -8.75. The number of carboxylic acid groups (broad SMARTS) is 2. The molecule has 0 radical (unpaired) electrons. The zero-order valence-corrected chi connectivity index (χ0v) is 61.3. The number of aldehydes is 1. The number of phenolic OH excluding ortho intramolecular Hbond substituents is 2. The summed E-state index contributed by atoms with van der Waals surface area (Å²) < 4.78 is 0. The van der Waals surface area contributed by atoms with E-state index in [1.165, 1.54) is 55.5 Å². The molecule has 43 heteroatoms. The molecule has 2 aromatic carbocycles. The zero-order valence-electron chi connectivity index (χ0n) is 56.0. The molecule has 14 amide bonds. The molecule has 0 aliphatic carbocycles. The van der Waals surface area contributed by atoms with Gasteiger partial charge in [0.2, 0.25) is 82.7 Å². The van der Waals surface area contributed by atoms with Crippen molar-refractivity contribution in [3.63, 3.8) is 0 Å². The van der Waals surface area contributed by atoms with Crippen molar-refractivity contribution in [1.29, 1.82) is 0 Å². The Morgan fingerprint density at radius 2 is 0.904 bits per heavy atom. The molecular formula is C61H87N15O22S6. The minimum Gasteiger partial charge on any atom is -0.508 e. The van der Waals surface area contributed by atoms with E-state index in [2.05, 4.69) is 145 Å². The van der Waals surface area contributed by atoms with Crippen LogP contribution in [0.2, 0.25) is 0 Å². The number of aliphatic carboxylic acids is 2. The minimum absolute atomic E-state index is 0.0106. The lowest BCUT2D eigenvalue weighted by Gasteiger charge is -2.30. The number of phenols is 2. The Balaban J connectivity index is 1.69. The number of nitrogens with two attached hydrogens (primary N) is 1. The molecular weight excluding hydrogens is 1490 g/mol. The maximum absolute atomic E-state index is 14.3. The quantitative estimate of drug-likeness (QED) is 0.0216. The Morgan fingerprint density at radius 3 is 1.35 bits per heavy atom. The number of rotatable bonds is 45. The van der Waals surface area contributed by atoms with E-state index in [4.69, 9.17) is 5.73 Å². The van der Waals surface area contributed by atoms with Gasteiger partial charge in [-0.2, -0.15) is 75.8 Å². The van der Waals surface area contributed by atoms with Crippen molar-refractivity contribution in [1.82, 2.24) is 74.0 Å². The molecule has 1 fully saturated rings. The number of nitrogens with one attached hydrogen (secondary N) is 13. The number of aromatic hydroxyl groups is 2. The number of hydrogen-bond donors (Lipinski definition) is 25. The number of thiol groups is 6. The highest BCUT2D eigenvalue weighted by Crippen LogP contribution is 2.21. The van der Waals surface area contributed by atoms with Crippen LogP contribution in [-0.2, 0) is 94.3 Å². The van der Waals surface area contributed by atoms with Crippen molar-refractivity contribution in [2.75, 3.05) is 54.2 Å². The molecule has 0 saturated carbocycles. The first-order chi connectivity index (χ1) is 49.1. The van der Waals surface area contributed by atoms with Gasteiger partial charge in [0.25, 0.3) is 0 Å². The number of aliphatic hydroxyl groups is 1. The van der Waals surface area contributed by atoms with Gasteiger partial charge in [0.15, 0.2) is 0 Å². The second-order valence-corrected chi connectivity index (χ2v) is 25.6. The van der Waals surface area contributed by atoms with Crippen molar-refractivity contribution < 1.29 is 107 Å². The summed E-state index contributed by atoms with van der Waals surface area (Å²) in [4.78, 5) is 225. The van der Waals surface area contributed by atoms with Gasteiger partial charge in [-0.1, -0.05) is 24.3 Å². The van der Waals surface area contributed by atoms with Crippen molar-refractivity contribution in [3.05, 3.63) is 59.7 Å². The first-order valence-electron chi connectivity index (χ1n) is 31.9. The van der Waals surface area contributed by atoms with Crippen LogP contribution < -0.4 is 74.9 Å². The van der Waals surface area contributed by atoms with Gasteiger partial charge in [-0.3, -0.25) is 77.2 Å². The average molecular weight is 1570 g/mol. The monoisotopic (exact) mass is 1570 g/mol. The maximum atomic E-state index is 14.3. The molecule has 37 nitrogen and oxygen atoms in total. The van der Waals surface area contributed by atoms with E-state index >= 15 is 0 Å². The van der Waals surface area contributed by atoms with Gasteiger partial charge in [0, 0.05) is 60.3 Å². The molecule has 0 aromatic heterocycles. The summed E-state index contributed by atoms with van der Waals surface area (Å²) in [6, 6.07) is -9.01. The SMILES string of the molecule is C[C@H](NC(=O)[C@@H]1CCCN1C(=O)C(CC(N)=O)NC(=O)C(CS)NC(=O)[C@H](CS)NC(=O)C(Cc1ccc(O)cc1)NC(=O)[C@H](CCC(=O)O)NC(=O)C(CS)NC(=O)[C@H](CS)NCC=O)C(=O)N[C@@H](CS)C(=O)N[C@H](C(=O)NCC(=O)N[C@@H](CS)C(=O)N[C@@H](Cc1ccc(O)cc1)C(=O)O)[C@@H](C)O. The molecule has 104 heavy (non-hydrogen) atoms. The summed E-state index contributed by atoms with van der Waals surface area (Å²) in [5, 5.41) is 80.0. The van der Waals surface area contributed by atoms with Crippen LogP contribution in [-0.4, -0.2) is 270 Å². The van der Waals surface area contributed by atoms with Crippen LogP contribution in [0.1, 0.15) is 57.1 Å². The summed E-state index contributed by atoms with van der Waals surface area (Å²) >= 11 is 24.8. The number of amides is 14. The topological polar surface area (TPSA) is 577 Å². The third-order valence-corrected chi connectivity index (χ3v) is 17.6. The van der Waals surface area contributed by atoms with Crippen LogP contribution in [0.3, 0.4) is 0 Å². The molecule has 4 unspecified atom stereocenters. The fraction of sp³-hybridized carbons (Fsp3) is 0.525. The van der Waals surface area contributed by atoms with Gasteiger partial charge in [-0.25, -0.2) is 4.79 Å². The van der Waals surface area contributed by atoms with E-state index < -0.39 is 222 Å². The first kappa shape index (κ1) is 89.5.